The fraction of sp³-hybridized carbons (Fsp3) is 0.368. The van der Waals surface area contributed by atoms with Gasteiger partial charge in [-0.05, 0) is 24.1 Å². The number of carbonyl (C=O) groups is 1. The number of ether oxygens (including phenoxy) is 2. The van der Waals surface area contributed by atoms with E-state index in [1.54, 1.807) is 36.5 Å². The third-order valence-electron chi connectivity index (χ3n) is 3.58. The lowest BCUT2D eigenvalue weighted by Gasteiger charge is -2.11. The molecule has 28 heavy (non-hydrogen) atoms. The number of rotatable bonds is 9. The number of hydrogen-bond donors (Lipinski definition) is 2. The van der Waals surface area contributed by atoms with Crippen LogP contribution >= 0.6 is 0 Å². The van der Waals surface area contributed by atoms with Gasteiger partial charge >= 0.3 is 12.2 Å². The van der Waals surface area contributed by atoms with Gasteiger partial charge in [0.2, 0.25) is 5.88 Å². The molecule has 0 fully saturated rings. The molecule has 1 heterocycles. The van der Waals surface area contributed by atoms with Crippen molar-refractivity contribution >= 4 is 6.03 Å². The van der Waals surface area contributed by atoms with Crippen LogP contribution in [0.3, 0.4) is 0 Å². The highest BCUT2D eigenvalue weighted by Gasteiger charge is 2.27. The van der Waals surface area contributed by atoms with E-state index in [2.05, 4.69) is 20.4 Å². The summed E-state index contributed by atoms with van der Waals surface area (Å²) in [7, 11) is 0. The maximum absolute atomic E-state index is 12.0. The van der Waals surface area contributed by atoms with Crippen LogP contribution in [0, 0.1) is 0 Å². The average molecular weight is 397 g/mol. The normalized spacial score (nSPS) is 11.1. The second kappa shape index (κ2) is 10.5. The van der Waals surface area contributed by atoms with E-state index in [1.165, 1.54) is 0 Å². The zero-order valence-electron chi connectivity index (χ0n) is 15.4. The molecule has 6 nitrogen and oxygen atoms in total. The van der Waals surface area contributed by atoms with Gasteiger partial charge in [-0.3, -0.25) is 0 Å². The highest BCUT2D eigenvalue weighted by Crippen LogP contribution is 2.16. The van der Waals surface area contributed by atoms with Crippen LogP contribution in [0.15, 0.2) is 42.6 Å². The van der Waals surface area contributed by atoms with Gasteiger partial charge in [0.05, 0.1) is 13.2 Å². The van der Waals surface area contributed by atoms with Crippen molar-refractivity contribution in [3.05, 3.63) is 59.3 Å². The molecule has 0 saturated heterocycles. The predicted molar refractivity (Wildman–Crippen MR) is 96.6 cm³/mol. The third-order valence-corrected chi connectivity index (χ3v) is 3.58. The standard InChI is InChI=1S/C19H22F3N3O3/c1-2-28-17-16(4-3-9-23-17)11-25-18(26)24-10-14-5-7-15(8-6-14)12-27-13-19(20,21)22/h3-9H,2,10-13H2,1H3,(H2,24,25,26). The second-order valence-corrected chi connectivity index (χ2v) is 5.86. The summed E-state index contributed by atoms with van der Waals surface area (Å²) in [6.45, 7) is 1.48. The number of amides is 2. The lowest BCUT2D eigenvalue weighted by atomic mass is 10.1. The summed E-state index contributed by atoms with van der Waals surface area (Å²) in [4.78, 5) is 16.1. The Labute approximate surface area is 161 Å². The Balaban J connectivity index is 1.74. The van der Waals surface area contributed by atoms with Gasteiger partial charge in [-0.2, -0.15) is 13.2 Å². The number of nitrogens with one attached hydrogen (secondary N) is 2. The number of nitrogens with zero attached hydrogens (tertiary/aromatic N) is 1. The average Bonchev–Trinajstić information content (AvgIpc) is 2.66. The molecule has 2 aromatic rings. The Morgan fingerprint density at radius 1 is 1.07 bits per heavy atom. The Hall–Kier alpha value is -2.81. The molecular formula is C19H22F3N3O3. The zero-order chi connectivity index (χ0) is 20.4. The number of alkyl halides is 3. The van der Waals surface area contributed by atoms with Crippen LogP contribution in [0.2, 0.25) is 0 Å². The monoisotopic (exact) mass is 397 g/mol. The topological polar surface area (TPSA) is 72.5 Å². The molecule has 0 unspecified atom stereocenters. The van der Waals surface area contributed by atoms with Crippen molar-refractivity contribution in [2.75, 3.05) is 13.2 Å². The Bertz CT molecular complexity index is 752. The first-order valence-corrected chi connectivity index (χ1v) is 8.68. The predicted octanol–water partition coefficient (Wildman–Crippen LogP) is 3.56. The number of hydrogen-bond acceptors (Lipinski definition) is 4. The molecule has 1 aromatic heterocycles. The van der Waals surface area contributed by atoms with Gasteiger partial charge < -0.3 is 20.1 Å². The van der Waals surface area contributed by atoms with Crippen LogP contribution in [0.5, 0.6) is 5.88 Å². The van der Waals surface area contributed by atoms with Crippen molar-refractivity contribution in [1.82, 2.24) is 15.6 Å². The third kappa shape index (κ3) is 7.83. The summed E-state index contributed by atoms with van der Waals surface area (Å²) < 4.78 is 46.2. The molecule has 0 spiro atoms. The van der Waals surface area contributed by atoms with Crippen molar-refractivity contribution in [1.29, 1.82) is 0 Å². The number of aromatic nitrogens is 1. The summed E-state index contributed by atoms with van der Waals surface area (Å²) in [5.74, 6) is 0.480. The molecule has 0 bridgehead atoms. The molecule has 2 amide bonds. The first-order chi connectivity index (χ1) is 13.4. The summed E-state index contributed by atoms with van der Waals surface area (Å²) in [5, 5.41) is 5.44. The Morgan fingerprint density at radius 3 is 2.43 bits per heavy atom. The summed E-state index contributed by atoms with van der Waals surface area (Å²) in [6.07, 6.45) is -2.72. The largest absolute Gasteiger partial charge is 0.478 e. The molecule has 0 radical (unpaired) electrons. The Morgan fingerprint density at radius 2 is 1.75 bits per heavy atom. The van der Waals surface area contributed by atoms with Crippen molar-refractivity contribution in [3.8, 4) is 5.88 Å². The van der Waals surface area contributed by atoms with Gasteiger partial charge in [-0.1, -0.05) is 30.3 Å². The second-order valence-electron chi connectivity index (χ2n) is 5.86. The van der Waals surface area contributed by atoms with E-state index in [1.807, 2.05) is 13.0 Å². The highest BCUT2D eigenvalue weighted by atomic mass is 19.4. The summed E-state index contributed by atoms with van der Waals surface area (Å²) in [6, 6.07) is 9.99. The van der Waals surface area contributed by atoms with E-state index in [0.29, 0.717) is 18.1 Å². The van der Waals surface area contributed by atoms with Crippen LogP contribution < -0.4 is 15.4 Å². The minimum atomic E-state index is -4.34. The highest BCUT2D eigenvalue weighted by molar-refractivity contribution is 5.73. The minimum Gasteiger partial charge on any atom is -0.478 e. The molecule has 152 valence electrons. The lowest BCUT2D eigenvalue weighted by Crippen LogP contribution is -2.34. The Kier molecular flexibility index (Phi) is 8.06. The van der Waals surface area contributed by atoms with Crippen molar-refractivity contribution in [2.24, 2.45) is 0 Å². The summed E-state index contributed by atoms with van der Waals surface area (Å²) >= 11 is 0. The van der Waals surface area contributed by atoms with Gasteiger partial charge in [-0.15, -0.1) is 0 Å². The molecule has 2 rings (SSSR count). The van der Waals surface area contributed by atoms with Crippen molar-refractivity contribution < 1.29 is 27.4 Å². The van der Waals surface area contributed by atoms with Crippen LogP contribution in [0.4, 0.5) is 18.0 Å². The first kappa shape index (κ1) is 21.5. The van der Waals surface area contributed by atoms with Gasteiger partial charge in [-0.25, -0.2) is 9.78 Å². The van der Waals surface area contributed by atoms with Gasteiger partial charge in [0.1, 0.15) is 6.61 Å². The van der Waals surface area contributed by atoms with Gasteiger partial charge in [0.25, 0.3) is 0 Å². The number of urea groups is 1. The molecule has 0 aliphatic heterocycles. The van der Waals surface area contributed by atoms with E-state index in [-0.39, 0.29) is 25.7 Å². The van der Waals surface area contributed by atoms with E-state index >= 15 is 0 Å². The zero-order valence-corrected chi connectivity index (χ0v) is 15.4. The molecule has 1 aromatic carbocycles. The molecule has 0 aliphatic carbocycles. The molecule has 9 heteroatoms. The molecule has 0 aliphatic rings. The smallest absolute Gasteiger partial charge is 0.411 e. The molecule has 0 atom stereocenters. The van der Waals surface area contributed by atoms with E-state index < -0.39 is 12.8 Å². The number of benzene rings is 1. The van der Waals surface area contributed by atoms with Crippen molar-refractivity contribution in [2.45, 2.75) is 32.8 Å². The van der Waals surface area contributed by atoms with Crippen LogP contribution in [0.25, 0.3) is 0 Å². The molecular weight excluding hydrogens is 375 g/mol. The van der Waals surface area contributed by atoms with Gasteiger partial charge in [0, 0.05) is 24.8 Å². The van der Waals surface area contributed by atoms with E-state index in [0.717, 1.165) is 11.1 Å². The van der Waals surface area contributed by atoms with E-state index in [9.17, 15) is 18.0 Å². The van der Waals surface area contributed by atoms with E-state index in [4.69, 9.17) is 4.74 Å². The SMILES string of the molecule is CCOc1ncccc1CNC(=O)NCc1ccc(COCC(F)(F)F)cc1. The van der Waals surface area contributed by atoms with Crippen LogP contribution in [0.1, 0.15) is 23.6 Å². The maximum Gasteiger partial charge on any atom is 0.411 e. The van der Waals surface area contributed by atoms with Crippen LogP contribution in [-0.4, -0.2) is 30.4 Å². The van der Waals surface area contributed by atoms with Crippen molar-refractivity contribution in [3.63, 3.8) is 0 Å². The first-order valence-electron chi connectivity index (χ1n) is 8.68. The molecule has 0 saturated carbocycles. The maximum atomic E-state index is 12.0. The number of carbonyl (C=O) groups excluding carboxylic acids is 1. The number of pyridine rings is 1. The quantitative estimate of drug-likeness (QED) is 0.679. The molecule has 2 N–H and O–H groups in total. The lowest BCUT2D eigenvalue weighted by molar-refractivity contribution is -0.176. The van der Waals surface area contributed by atoms with Crippen LogP contribution in [-0.2, 0) is 24.4 Å². The fourth-order valence-electron chi connectivity index (χ4n) is 2.28. The van der Waals surface area contributed by atoms with Gasteiger partial charge in [0.15, 0.2) is 0 Å². The fourth-order valence-corrected chi connectivity index (χ4v) is 2.28. The number of halogens is 3. The minimum absolute atomic E-state index is 0.124. The summed E-state index contributed by atoms with van der Waals surface area (Å²) in [5.41, 5.74) is 2.20.